The molecule has 1 rings (SSSR count). The van der Waals surface area contributed by atoms with E-state index in [1.54, 1.807) is 6.92 Å². The quantitative estimate of drug-likeness (QED) is 0.851. The Morgan fingerprint density at radius 1 is 1.62 bits per heavy atom. The summed E-state index contributed by atoms with van der Waals surface area (Å²) in [6.07, 6.45) is -2.56. The first-order valence-electron chi connectivity index (χ1n) is 3.61. The van der Waals surface area contributed by atoms with E-state index in [-0.39, 0.29) is 12.3 Å². The molecule has 1 heterocycles. The van der Waals surface area contributed by atoms with Crippen LogP contribution in [0.3, 0.4) is 0 Å². The van der Waals surface area contributed by atoms with Gasteiger partial charge in [0.1, 0.15) is 5.69 Å². The fraction of sp³-hybridized carbons (Fsp3) is 0.375. The minimum Gasteiger partial charge on any atom is -0.392 e. The van der Waals surface area contributed by atoms with Gasteiger partial charge in [0, 0.05) is 14.8 Å². The monoisotopic (exact) mass is 299 g/mol. The summed E-state index contributed by atoms with van der Waals surface area (Å²) >= 11 is 1.91. The van der Waals surface area contributed by atoms with Crippen molar-refractivity contribution in [2.24, 2.45) is 0 Å². The Kier molecular flexibility index (Phi) is 3.55. The largest absolute Gasteiger partial charge is 0.392 e. The minimum absolute atomic E-state index is 0.166. The molecule has 0 fully saturated rings. The number of alkyl halides is 2. The Balaban J connectivity index is 3.20. The molecule has 0 aliphatic carbocycles. The van der Waals surface area contributed by atoms with Crippen LogP contribution in [0.5, 0.6) is 0 Å². The van der Waals surface area contributed by atoms with Gasteiger partial charge in [-0.1, -0.05) is 0 Å². The maximum Gasteiger partial charge on any atom is 0.280 e. The van der Waals surface area contributed by atoms with E-state index in [1.165, 1.54) is 6.07 Å². The summed E-state index contributed by atoms with van der Waals surface area (Å²) in [7, 11) is 0. The van der Waals surface area contributed by atoms with Gasteiger partial charge in [0.05, 0.1) is 6.61 Å². The first-order valence-corrected chi connectivity index (χ1v) is 4.69. The molecule has 0 aliphatic rings. The third kappa shape index (κ3) is 2.34. The van der Waals surface area contributed by atoms with Crippen LogP contribution in [0.2, 0.25) is 0 Å². The second kappa shape index (κ2) is 4.28. The molecule has 1 aromatic heterocycles. The third-order valence-corrected chi connectivity index (χ3v) is 2.64. The van der Waals surface area contributed by atoms with Crippen molar-refractivity contribution in [1.82, 2.24) is 4.98 Å². The molecule has 0 spiro atoms. The summed E-state index contributed by atoms with van der Waals surface area (Å²) < 4.78 is 25.1. The normalized spacial score (nSPS) is 10.9. The van der Waals surface area contributed by atoms with Crippen LogP contribution in [0.25, 0.3) is 0 Å². The lowest BCUT2D eigenvalue weighted by Crippen LogP contribution is -2.01. The zero-order valence-corrected chi connectivity index (χ0v) is 9.05. The Labute approximate surface area is 88.1 Å². The van der Waals surface area contributed by atoms with E-state index in [2.05, 4.69) is 4.98 Å². The number of halogens is 3. The molecule has 0 atom stereocenters. The highest BCUT2D eigenvalue weighted by molar-refractivity contribution is 14.1. The first kappa shape index (κ1) is 10.8. The van der Waals surface area contributed by atoms with Crippen LogP contribution in [0, 0.1) is 10.5 Å². The Bertz CT molecular complexity index is 294. The van der Waals surface area contributed by atoms with Gasteiger partial charge in [-0.05, 0) is 35.6 Å². The van der Waals surface area contributed by atoms with Gasteiger partial charge in [-0.2, -0.15) is 0 Å². The van der Waals surface area contributed by atoms with Gasteiger partial charge in [0.2, 0.25) is 0 Å². The first-order chi connectivity index (χ1) is 6.06. The maximum absolute atomic E-state index is 12.2. The second-order valence-corrected chi connectivity index (χ2v) is 3.71. The molecule has 13 heavy (non-hydrogen) atoms. The van der Waals surface area contributed by atoms with Crippen molar-refractivity contribution in [2.75, 3.05) is 0 Å². The van der Waals surface area contributed by atoms with Crippen molar-refractivity contribution in [3.63, 3.8) is 0 Å². The molecule has 5 heteroatoms. The number of aliphatic hydroxyl groups excluding tert-OH is 1. The van der Waals surface area contributed by atoms with Crippen LogP contribution in [0.1, 0.15) is 23.4 Å². The molecule has 0 aliphatic heterocycles. The third-order valence-electron chi connectivity index (χ3n) is 1.68. The summed E-state index contributed by atoms with van der Waals surface area (Å²) in [6.45, 7) is 1.44. The number of hydrogen-bond donors (Lipinski definition) is 1. The zero-order valence-electron chi connectivity index (χ0n) is 6.89. The van der Waals surface area contributed by atoms with Crippen molar-refractivity contribution in [3.8, 4) is 0 Å². The van der Waals surface area contributed by atoms with Crippen LogP contribution >= 0.6 is 22.6 Å². The summed E-state index contributed by atoms with van der Waals surface area (Å²) in [5.74, 6) is 0. The number of pyridine rings is 1. The van der Waals surface area contributed by atoms with E-state index in [4.69, 9.17) is 5.11 Å². The predicted octanol–water partition coefficient (Wildman–Crippen LogP) is 2.42. The molecule has 1 N–H and O–H groups in total. The van der Waals surface area contributed by atoms with Gasteiger partial charge < -0.3 is 5.11 Å². The highest BCUT2D eigenvalue weighted by Crippen LogP contribution is 2.22. The van der Waals surface area contributed by atoms with E-state index in [0.29, 0.717) is 14.8 Å². The summed E-state index contributed by atoms with van der Waals surface area (Å²) in [5.41, 5.74) is 0.841. The van der Waals surface area contributed by atoms with Gasteiger partial charge in [0.15, 0.2) is 0 Å². The SMILES string of the molecule is Cc1nc(C(F)F)cc(I)c1CO. The van der Waals surface area contributed by atoms with E-state index in [0.717, 1.165) is 0 Å². The maximum atomic E-state index is 12.2. The number of rotatable bonds is 2. The Morgan fingerprint density at radius 2 is 2.23 bits per heavy atom. The number of aliphatic hydroxyl groups is 1. The van der Waals surface area contributed by atoms with Crippen molar-refractivity contribution in [2.45, 2.75) is 20.0 Å². The van der Waals surface area contributed by atoms with Crippen molar-refractivity contribution < 1.29 is 13.9 Å². The lowest BCUT2D eigenvalue weighted by Gasteiger charge is -2.07. The summed E-state index contributed by atoms with van der Waals surface area (Å²) in [6, 6.07) is 1.30. The average Bonchev–Trinajstić information content (AvgIpc) is 2.03. The highest BCUT2D eigenvalue weighted by atomic mass is 127. The molecule has 0 aromatic carbocycles. The summed E-state index contributed by atoms with van der Waals surface area (Å²) in [4.78, 5) is 3.69. The van der Waals surface area contributed by atoms with E-state index in [9.17, 15) is 8.78 Å². The van der Waals surface area contributed by atoms with Crippen molar-refractivity contribution in [1.29, 1.82) is 0 Å². The van der Waals surface area contributed by atoms with E-state index >= 15 is 0 Å². The standard InChI is InChI=1S/C8H8F2INO/c1-4-5(3-13)6(11)2-7(12-4)8(9)10/h2,8,13H,3H2,1H3. The molecular weight excluding hydrogens is 291 g/mol. The number of aromatic nitrogens is 1. The lowest BCUT2D eigenvalue weighted by atomic mass is 10.2. The number of hydrogen-bond acceptors (Lipinski definition) is 2. The molecule has 0 bridgehead atoms. The molecule has 0 saturated heterocycles. The molecule has 0 amide bonds. The van der Waals surface area contributed by atoms with Crippen LogP contribution in [-0.4, -0.2) is 10.1 Å². The fourth-order valence-corrected chi connectivity index (χ4v) is 1.86. The topological polar surface area (TPSA) is 33.1 Å². The average molecular weight is 299 g/mol. The second-order valence-electron chi connectivity index (χ2n) is 2.55. The number of aryl methyl sites for hydroxylation is 1. The molecule has 0 saturated carbocycles. The molecule has 2 nitrogen and oxygen atoms in total. The predicted molar refractivity (Wildman–Crippen MR) is 52.6 cm³/mol. The molecule has 0 unspecified atom stereocenters. The Hall–Kier alpha value is -0.300. The van der Waals surface area contributed by atoms with Crippen molar-refractivity contribution >= 4 is 22.6 Å². The van der Waals surface area contributed by atoms with E-state index in [1.807, 2.05) is 22.6 Å². The molecule has 1 aromatic rings. The van der Waals surface area contributed by atoms with Crippen LogP contribution in [0.4, 0.5) is 8.78 Å². The smallest absolute Gasteiger partial charge is 0.280 e. The lowest BCUT2D eigenvalue weighted by molar-refractivity contribution is 0.145. The molecule has 72 valence electrons. The summed E-state index contributed by atoms with van der Waals surface area (Å²) in [5, 5.41) is 8.90. The Morgan fingerprint density at radius 3 is 2.62 bits per heavy atom. The minimum atomic E-state index is -2.56. The number of nitrogens with zero attached hydrogens (tertiary/aromatic N) is 1. The van der Waals surface area contributed by atoms with Gasteiger partial charge >= 0.3 is 0 Å². The molecular formula is C8H8F2INO. The van der Waals surface area contributed by atoms with Crippen LogP contribution in [-0.2, 0) is 6.61 Å². The van der Waals surface area contributed by atoms with Crippen LogP contribution < -0.4 is 0 Å². The fourth-order valence-electron chi connectivity index (χ4n) is 0.985. The van der Waals surface area contributed by atoms with E-state index < -0.39 is 6.43 Å². The van der Waals surface area contributed by atoms with Gasteiger partial charge in [-0.3, -0.25) is 4.98 Å². The highest BCUT2D eigenvalue weighted by Gasteiger charge is 2.13. The zero-order chi connectivity index (χ0) is 10.0. The molecule has 0 radical (unpaired) electrons. The van der Waals surface area contributed by atoms with Gasteiger partial charge in [-0.15, -0.1) is 0 Å². The van der Waals surface area contributed by atoms with Crippen molar-refractivity contribution in [3.05, 3.63) is 26.6 Å². The van der Waals surface area contributed by atoms with Gasteiger partial charge in [-0.25, -0.2) is 8.78 Å². The van der Waals surface area contributed by atoms with Crippen LogP contribution in [0.15, 0.2) is 6.07 Å². The van der Waals surface area contributed by atoms with Gasteiger partial charge in [0.25, 0.3) is 6.43 Å².